The smallest absolute Gasteiger partial charge is 0.107 e. The second kappa shape index (κ2) is 11.9. The van der Waals surface area contributed by atoms with Crippen LogP contribution in [-0.4, -0.2) is 26.2 Å². The van der Waals surface area contributed by atoms with E-state index in [1.165, 1.54) is 35.2 Å². The van der Waals surface area contributed by atoms with E-state index in [-0.39, 0.29) is 0 Å². The minimum Gasteiger partial charge on any atom is -0.178 e. The maximum Gasteiger partial charge on any atom is 0.107 e. The summed E-state index contributed by atoms with van der Waals surface area (Å²) < 4.78 is 26.7. The van der Waals surface area contributed by atoms with E-state index in [9.17, 15) is 0 Å². The van der Waals surface area contributed by atoms with Crippen molar-refractivity contribution in [2.45, 2.75) is 53.9 Å². The molecule has 0 spiro atoms. The number of rotatable bonds is 8. The molecule has 3 aromatic heterocycles. The number of unbranched alkanes of at least 4 members (excludes halogenated alkanes) is 1. The summed E-state index contributed by atoms with van der Waals surface area (Å²) in [5.41, 5.74) is 12.5. The molecule has 0 aliphatic rings. The van der Waals surface area contributed by atoms with Crippen LogP contribution in [0.3, 0.4) is 0 Å². The van der Waals surface area contributed by atoms with Gasteiger partial charge in [-0.1, -0.05) is 29.3 Å². The summed E-state index contributed by atoms with van der Waals surface area (Å²) >= 11 is 17.3. The maximum absolute atomic E-state index is 6.83. The van der Waals surface area contributed by atoms with Crippen molar-refractivity contribution >= 4 is 64.0 Å². The fourth-order valence-corrected chi connectivity index (χ4v) is 6.66. The summed E-state index contributed by atoms with van der Waals surface area (Å²) in [7, 11) is 0. The third kappa shape index (κ3) is 5.83. The van der Waals surface area contributed by atoms with Crippen molar-refractivity contribution in [1.82, 2.24) is 26.2 Å². The highest BCUT2D eigenvalue weighted by Gasteiger charge is 2.19. The van der Waals surface area contributed by atoms with Gasteiger partial charge in [-0.3, -0.25) is 0 Å². The van der Waals surface area contributed by atoms with Gasteiger partial charge in [-0.25, -0.2) is 0 Å². The minimum absolute atomic E-state index is 0.683. The van der Waals surface area contributed by atoms with E-state index in [1.54, 1.807) is 0 Å². The van der Waals surface area contributed by atoms with Crippen LogP contribution in [0, 0.1) is 34.6 Å². The van der Waals surface area contributed by atoms with E-state index >= 15 is 0 Å². The molecule has 5 rings (SSSR count). The van der Waals surface area contributed by atoms with E-state index in [4.69, 9.17) is 23.2 Å². The Balaban J connectivity index is 1.63. The first-order chi connectivity index (χ1) is 18.7. The van der Waals surface area contributed by atoms with Gasteiger partial charge in [-0.05, 0) is 106 Å². The lowest BCUT2D eigenvalue weighted by molar-refractivity contribution is 0.820. The zero-order valence-corrected chi connectivity index (χ0v) is 26.1. The first kappa shape index (κ1) is 28.0. The minimum atomic E-state index is 0.683. The zero-order chi connectivity index (χ0) is 27.7. The van der Waals surface area contributed by atoms with E-state index in [2.05, 4.69) is 44.4 Å². The zero-order valence-electron chi connectivity index (χ0n) is 22.2. The topological polar surface area (TPSA) is 77.3 Å². The Bertz CT molecular complexity index is 1590. The first-order valence-corrected chi connectivity index (χ1v) is 15.4. The Hall–Kier alpha value is -2.56. The van der Waals surface area contributed by atoms with E-state index in [1.807, 2.05) is 46.8 Å². The second-order valence-corrected chi connectivity index (χ2v) is 11.9. The Labute approximate surface area is 250 Å². The number of hydrogen-bond acceptors (Lipinski definition) is 9. The monoisotopic (exact) mass is 612 g/mol. The molecule has 0 amide bonds. The first-order valence-electron chi connectivity index (χ1n) is 12.4. The van der Waals surface area contributed by atoms with Gasteiger partial charge in [0.1, 0.15) is 11.4 Å². The van der Waals surface area contributed by atoms with Gasteiger partial charge in [-0.15, -0.1) is 0 Å². The van der Waals surface area contributed by atoms with Gasteiger partial charge in [0.15, 0.2) is 0 Å². The van der Waals surface area contributed by atoms with E-state index in [0.717, 1.165) is 92.4 Å². The molecule has 2 aromatic carbocycles. The van der Waals surface area contributed by atoms with Gasteiger partial charge >= 0.3 is 0 Å². The highest BCUT2D eigenvalue weighted by Crippen LogP contribution is 2.39. The van der Waals surface area contributed by atoms with Gasteiger partial charge in [0.05, 0.1) is 58.0 Å². The fraction of sp³-hybridized carbons (Fsp3) is 0.286. The van der Waals surface area contributed by atoms with E-state index in [0.29, 0.717) is 10.0 Å². The van der Waals surface area contributed by atoms with Crippen LogP contribution in [0.25, 0.3) is 28.1 Å². The molecule has 0 radical (unpaired) electrons. The van der Waals surface area contributed by atoms with Crippen molar-refractivity contribution in [3.63, 3.8) is 0 Å². The molecule has 0 bridgehead atoms. The average molecular weight is 614 g/mol. The molecule has 3 heterocycles. The molecule has 0 aliphatic heterocycles. The van der Waals surface area contributed by atoms with Gasteiger partial charge in [0, 0.05) is 21.2 Å². The van der Waals surface area contributed by atoms with Crippen molar-refractivity contribution in [3.05, 3.63) is 85.4 Å². The Morgan fingerprint density at radius 3 is 1.59 bits per heavy atom. The van der Waals surface area contributed by atoms with Crippen LogP contribution in [-0.2, 0) is 6.42 Å². The summed E-state index contributed by atoms with van der Waals surface area (Å²) in [6.07, 6.45) is 4.93. The molecule has 0 saturated carbocycles. The van der Waals surface area contributed by atoms with Crippen LogP contribution in [0.5, 0.6) is 0 Å². The maximum atomic E-state index is 6.83. The SMILES string of the molecule is Cc1nsnc1CCCC=C(c1cc(Cl)c(C)c(-c2nsnc2C)c1)c1cc(Cl)c(C)c(-c2nsnc2C)c1. The number of nitrogens with zero attached hydrogens (tertiary/aromatic N) is 6. The molecule has 5 aromatic rings. The van der Waals surface area contributed by atoms with Crippen LogP contribution in [0.15, 0.2) is 30.3 Å². The molecule has 0 saturated heterocycles. The predicted octanol–water partition coefficient (Wildman–Crippen LogP) is 8.88. The molecule has 0 atom stereocenters. The van der Waals surface area contributed by atoms with Crippen molar-refractivity contribution in [2.24, 2.45) is 0 Å². The molecule has 0 fully saturated rings. The van der Waals surface area contributed by atoms with Gasteiger partial charge < -0.3 is 0 Å². The van der Waals surface area contributed by atoms with Crippen molar-refractivity contribution in [1.29, 1.82) is 0 Å². The number of benzene rings is 2. The summed E-state index contributed by atoms with van der Waals surface area (Å²) in [5, 5.41) is 1.37. The molecule has 6 nitrogen and oxygen atoms in total. The Kier molecular flexibility index (Phi) is 8.54. The number of hydrogen-bond donors (Lipinski definition) is 0. The largest absolute Gasteiger partial charge is 0.178 e. The normalized spacial score (nSPS) is 11.3. The lowest BCUT2D eigenvalue weighted by Gasteiger charge is -2.16. The van der Waals surface area contributed by atoms with Crippen molar-refractivity contribution < 1.29 is 0 Å². The third-order valence-electron chi connectivity index (χ3n) is 6.84. The molecule has 0 N–H and O–H groups in total. The lowest BCUT2D eigenvalue weighted by Crippen LogP contribution is -1.97. The number of halogens is 2. The molecule has 39 heavy (non-hydrogen) atoms. The molecular formula is C28H26Cl2N6S3. The van der Waals surface area contributed by atoms with Gasteiger partial charge in [-0.2, -0.15) is 26.2 Å². The standard InChI is InChI=1S/C28H26Cl2N6S3/c1-14-22(27-17(4)32-38-35-27)10-19(12-24(14)29)21(8-6-7-9-26-16(3)31-37-34-26)20-11-23(15(2)25(30)13-20)28-18(5)33-39-36-28/h8,10-13H,6-7,9H2,1-5H3. The molecular weight excluding hydrogens is 587 g/mol. The quantitative estimate of drug-likeness (QED) is 0.163. The lowest BCUT2D eigenvalue weighted by atomic mass is 9.90. The fourth-order valence-electron chi connectivity index (χ4n) is 4.51. The Morgan fingerprint density at radius 2 is 1.15 bits per heavy atom. The Morgan fingerprint density at radius 1 is 0.667 bits per heavy atom. The summed E-state index contributed by atoms with van der Waals surface area (Å²) in [6.45, 7) is 10.00. The molecule has 200 valence electrons. The summed E-state index contributed by atoms with van der Waals surface area (Å²) in [6, 6.07) is 8.38. The van der Waals surface area contributed by atoms with Crippen LogP contribution in [0.2, 0.25) is 10.0 Å². The molecule has 0 aliphatic carbocycles. The van der Waals surface area contributed by atoms with Crippen molar-refractivity contribution in [3.8, 4) is 22.5 Å². The number of aryl methyl sites for hydroxylation is 4. The number of allylic oxidation sites excluding steroid dienone is 1. The van der Waals surface area contributed by atoms with Crippen molar-refractivity contribution in [2.75, 3.05) is 0 Å². The summed E-state index contributed by atoms with van der Waals surface area (Å²) in [5.74, 6) is 0. The highest BCUT2D eigenvalue weighted by molar-refractivity contribution is 6.99. The van der Waals surface area contributed by atoms with Gasteiger partial charge in [0.2, 0.25) is 0 Å². The van der Waals surface area contributed by atoms with Crippen LogP contribution in [0.1, 0.15) is 57.9 Å². The number of aromatic nitrogens is 6. The van der Waals surface area contributed by atoms with Crippen LogP contribution in [0.4, 0.5) is 0 Å². The highest BCUT2D eigenvalue weighted by atomic mass is 35.5. The molecule has 0 unspecified atom stereocenters. The molecule has 11 heteroatoms. The predicted molar refractivity (Wildman–Crippen MR) is 164 cm³/mol. The second-order valence-electron chi connectivity index (χ2n) is 9.46. The van der Waals surface area contributed by atoms with Crippen LogP contribution >= 0.6 is 58.4 Å². The third-order valence-corrected chi connectivity index (χ3v) is 9.52. The van der Waals surface area contributed by atoms with E-state index < -0.39 is 0 Å². The van der Waals surface area contributed by atoms with Gasteiger partial charge in [0.25, 0.3) is 0 Å². The summed E-state index contributed by atoms with van der Waals surface area (Å²) in [4.78, 5) is 0. The average Bonchev–Trinajstić information content (AvgIpc) is 3.64. The van der Waals surface area contributed by atoms with Crippen LogP contribution < -0.4 is 0 Å².